The van der Waals surface area contributed by atoms with Crippen LogP contribution in [0.4, 0.5) is 13.2 Å². The average Bonchev–Trinajstić information content (AvgIpc) is 3.25. The van der Waals surface area contributed by atoms with Crippen molar-refractivity contribution in [1.82, 2.24) is 10.3 Å². The van der Waals surface area contributed by atoms with Gasteiger partial charge in [0.1, 0.15) is 5.54 Å². The third kappa shape index (κ3) is 5.68. The van der Waals surface area contributed by atoms with E-state index in [1.165, 1.54) is 12.3 Å². The third-order valence-corrected chi connectivity index (χ3v) is 10.3. The summed E-state index contributed by atoms with van der Waals surface area (Å²) in [6.07, 6.45) is -0.0343. The molecular weight excluding hydrogens is 531 g/mol. The van der Waals surface area contributed by atoms with Gasteiger partial charge in [-0.05, 0) is 80.8 Å². The highest BCUT2D eigenvalue weighted by molar-refractivity contribution is 7.92. The van der Waals surface area contributed by atoms with E-state index in [-0.39, 0.29) is 24.5 Å². The minimum absolute atomic E-state index is 0.0843. The molecule has 3 saturated carbocycles. The van der Waals surface area contributed by atoms with Gasteiger partial charge in [0, 0.05) is 11.9 Å². The molecule has 5 rings (SSSR count). The Morgan fingerprint density at radius 3 is 2.44 bits per heavy atom. The van der Waals surface area contributed by atoms with Crippen LogP contribution in [0, 0.1) is 24.2 Å². The number of pyridine rings is 1. The van der Waals surface area contributed by atoms with Gasteiger partial charge >= 0.3 is 6.18 Å². The van der Waals surface area contributed by atoms with Crippen LogP contribution < -0.4 is 5.32 Å². The second kappa shape index (κ2) is 10.2. The van der Waals surface area contributed by atoms with E-state index in [4.69, 9.17) is 4.74 Å². The molecule has 2 aromatic rings. The normalized spacial score (nSPS) is 24.8. The lowest BCUT2D eigenvalue weighted by atomic mass is 10.0. The maximum absolute atomic E-state index is 14.2. The Kier molecular flexibility index (Phi) is 7.22. The molecule has 1 aromatic heterocycles. The third-order valence-electron chi connectivity index (χ3n) is 8.05. The van der Waals surface area contributed by atoms with E-state index in [2.05, 4.69) is 16.4 Å². The van der Waals surface area contributed by atoms with Gasteiger partial charge in [0.05, 0.1) is 39.9 Å². The first kappa shape index (κ1) is 27.6. The van der Waals surface area contributed by atoms with Gasteiger partial charge in [-0.15, -0.1) is 0 Å². The Morgan fingerprint density at radius 1 is 1.13 bits per heavy atom. The fourth-order valence-corrected chi connectivity index (χ4v) is 7.71. The van der Waals surface area contributed by atoms with Gasteiger partial charge in [0.15, 0.2) is 9.84 Å². The molecule has 39 heavy (non-hydrogen) atoms. The number of carbonyl (C=O) groups is 1. The predicted molar refractivity (Wildman–Crippen MR) is 136 cm³/mol. The summed E-state index contributed by atoms with van der Waals surface area (Å²) in [5.41, 5.74) is -0.853. The van der Waals surface area contributed by atoms with Crippen LogP contribution in [0.15, 0.2) is 41.4 Å². The summed E-state index contributed by atoms with van der Waals surface area (Å²) in [5.74, 6) is -1.35. The molecule has 0 unspecified atom stereocenters. The first-order chi connectivity index (χ1) is 18.4. The van der Waals surface area contributed by atoms with Gasteiger partial charge < -0.3 is 10.1 Å². The standard InChI is InChI=1S/C28H30F3N3O4S/c1-17-12-19(8-11-33-17)18-6-7-25(23(13-18)28(29,30)31)39(36,37)21-14-22(26(35)34-27(16-32)9-10-27)24(15-21)38-20-4-2-3-5-20/h6-8,11-13,20-22,24H,2-5,9-10,14-15H2,1H3,(H,34,35)/t21-,22-,24-/m0/s1. The number of rotatable bonds is 7. The summed E-state index contributed by atoms with van der Waals surface area (Å²) in [7, 11) is -4.48. The van der Waals surface area contributed by atoms with E-state index >= 15 is 0 Å². The Balaban J connectivity index is 1.47. The summed E-state index contributed by atoms with van der Waals surface area (Å²) in [6, 6.07) is 8.52. The molecule has 208 valence electrons. The zero-order valence-corrected chi connectivity index (χ0v) is 22.3. The molecule has 0 bridgehead atoms. The topological polar surface area (TPSA) is 109 Å². The molecule has 3 aliphatic rings. The van der Waals surface area contributed by atoms with E-state index in [9.17, 15) is 31.6 Å². The minimum Gasteiger partial charge on any atom is -0.374 e. The van der Waals surface area contributed by atoms with Crippen molar-refractivity contribution in [2.24, 2.45) is 5.92 Å². The van der Waals surface area contributed by atoms with Gasteiger partial charge in [0.2, 0.25) is 5.91 Å². The largest absolute Gasteiger partial charge is 0.417 e. The first-order valence-corrected chi connectivity index (χ1v) is 14.7. The number of halogens is 3. The molecule has 3 aliphatic carbocycles. The predicted octanol–water partition coefficient (Wildman–Crippen LogP) is 5.13. The van der Waals surface area contributed by atoms with Crippen molar-refractivity contribution in [2.75, 3.05) is 0 Å². The second-order valence-electron chi connectivity index (χ2n) is 10.9. The van der Waals surface area contributed by atoms with Crippen molar-refractivity contribution in [3.8, 4) is 17.2 Å². The molecule has 1 heterocycles. The number of sulfone groups is 1. The van der Waals surface area contributed by atoms with Crippen molar-refractivity contribution >= 4 is 15.7 Å². The van der Waals surface area contributed by atoms with Crippen LogP contribution in [0.3, 0.4) is 0 Å². The SMILES string of the molecule is Cc1cc(-c2ccc(S(=O)(=O)[C@@H]3C[C@H](OC4CCCC4)[C@@H](C(=O)NC4(C#N)CC4)C3)c(C(F)(F)F)c2)ccn1. The highest BCUT2D eigenvalue weighted by Gasteiger charge is 2.51. The number of carbonyl (C=O) groups excluding carboxylic acids is 1. The van der Waals surface area contributed by atoms with Crippen LogP contribution in [-0.2, 0) is 25.5 Å². The van der Waals surface area contributed by atoms with E-state index < -0.39 is 55.2 Å². The Labute approximate surface area is 225 Å². The van der Waals surface area contributed by atoms with Crippen LogP contribution >= 0.6 is 0 Å². The molecular formula is C28H30F3N3O4S. The number of alkyl halides is 3. The van der Waals surface area contributed by atoms with Crippen molar-refractivity contribution in [3.63, 3.8) is 0 Å². The summed E-state index contributed by atoms with van der Waals surface area (Å²) in [6.45, 7) is 1.71. The van der Waals surface area contributed by atoms with E-state index in [1.807, 2.05) is 0 Å². The fraction of sp³-hybridized carbons (Fsp3) is 0.536. The molecule has 0 radical (unpaired) electrons. The van der Waals surface area contributed by atoms with Crippen molar-refractivity contribution in [3.05, 3.63) is 47.8 Å². The van der Waals surface area contributed by atoms with Crippen LogP contribution in [0.2, 0.25) is 0 Å². The van der Waals surface area contributed by atoms with E-state index in [1.54, 1.807) is 19.1 Å². The molecule has 1 amide bonds. The number of nitrogens with zero attached hydrogens (tertiary/aromatic N) is 2. The van der Waals surface area contributed by atoms with Gasteiger partial charge in [-0.2, -0.15) is 18.4 Å². The molecule has 7 nitrogen and oxygen atoms in total. The fourth-order valence-electron chi connectivity index (χ4n) is 5.71. The first-order valence-electron chi connectivity index (χ1n) is 13.2. The molecule has 1 aromatic carbocycles. The Morgan fingerprint density at radius 2 is 1.82 bits per heavy atom. The number of aromatic nitrogens is 1. The number of hydrogen-bond donors (Lipinski definition) is 1. The number of nitriles is 1. The van der Waals surface area contributed by atoms with E-state index in [0.717, 1.165) is 37.8 Å². The van der Waals surface area contributed by atoms with Gasteiger partial charge in [-0.25, -0.2) is 8.42 Å². The molecule has 3 atom stereocenters. The van der Waals surface area contributed by atoms with Crippen molar-refractivity contribution in [1.29, 1.82) is 5.26 Å². The zero-order valence-electron chi connectivity index (χ0n) is 21.5. The van der Waals surface area contributed by atoms with Crippen molar-refractivity contribution in [2.45, 2.75) is 92.4 Å². The maximum Gasteiger partial charge on any atom is 0.417 e. The molecule has 1 N–H and O–H groups in total. The minimum atomic E-state index is -4.92. The van der Waals surface area contributed by atoms with Crippen LogP contribution in [0.1, 0.15) is 62.6 Å². The number of nitrogens with one attached hydrogen (secondary N) is 1. The number of amides is 1. The zero-order chi connectivity index (χ0) is 28.0. The Hall–Kier alpha value is -2.97. The highest BCUT2D eigenvalue weighted by Crippen LogP contribution is 2.44. The highest BCUT2D eigenvalue weighted by atomic mass is 32.2. The summed E-state index contributed by atoms with van der Waals surface area (Å²) >= 11 is 0. The lowest BCUT2D eigenvalue weighted by molar-refractivity contribution is -0.139. The average molecular weight is 562 g/mol. The second-order valence-corrected chi connectivity index (χ2v) is 13.1. The molecule has 11 heteroatoms. The summed E-state index contributed by atoms with van der Waals surface area (Å²) in [4.78, 5) is 16.4. The van der Waals surface area contributed by atoms with Crippen LogP contribution in [-0.4, -0.2) is 42.3 Å². The number of hydrogen-bond acceptors (Lipinski definition) is 6. The van der Waals surface area contributed by atoms with Crippen LogP contribution in [0.25, 0.3) is 11.1 Å². The van der Waals surface area contributed by atoms with E-state index in [0.29, 0.717) is 24.1 Å². The lowest BCUT2D eigenvalue weighted by Crippen LogP contribution is -2.43. The van der Waals surface area contributed by atoms with Crippen LogP contribution in [0.5, 0.6) is 0 Å². The summed E-state index contributed by atoms with van der Waals surface area (Å²) < 4.78 is 76.4. The smallest absolute Gasteiger partial charge is 0.374 e. The van der Waals surface area contributed by atoms with Crippen molar-refractivity contribution < 1.29 is 31.1 Å². The molecule has 0 aliphatic heterocycles. The summed E-state index contributed by atoms with van der Waals surface area (Å²) in [5, 5.41) is 10.9. The molecule has 0 spiro atoms. The quantitative estimate of drug-likeness (QED) is 0.502. The maximum atomic E-state index is 14.2. The lowest BCUT2D eigenvalue weighted by Gasteiger charge is -2.24. The Bertz CT molecular complexity index is 1410. The number of ether oxygens (including phenoxy) is 1. The van der Waals surface area contributed by atoms with Gasteiger partial charge in [0.25, 0.3) is 0 Å². The molecule has 0 saturated heterocycles. The van der Waals surface area contributed by atoms with Gasteiger partial charge in [-0.1, -0.05) is 18.9 Å². The number of aryl methyl sites for hydroxylation is 1. The monoisotopic (exact) mass is 561 g/mol. The molecule has 3 fully saturated rings. The number of benzene rings is 1. The van der Waals surface area contributed by atoms with Gasteiger partial charge in [-0.3, -0.25) is 9.78 Å².